The van der Waals surface area contributed by atoms with E-state index in [4.69, 9.17) is 9.47 Å². The summed E-state index contributed by atoms with van der Waals surface area (Å²) >= 11 is 0. The van der Waals surface area contributed by atoms with E-state index in [0.29, 0.717) is 6.61 Å². The Morgan fingerprint density at radius 3 is 1.71 bits per heavy atom. The van der Waals surface area contributed by atoms with Gasteiger partial charge in [-0.3, -0.25) is 0 Å². The minimum Gasteiger partial charge on any atom is -0.464 e. The van der Waals surface area contributed by atoms with Gasteiger partial charge in [-0.25, -0.2) is 9.59 Å². The van der Waals surface area contributed by atoms with Crippen molar-refractivity contribution in [1.29, 1.82) is 0 Å². The Kier molecular flexibility index (Phi) is 18.2. The number of hydrogen-bond acceptors (Lipinski definition) is 4. The second kappa shape index (κ2) is 19.1. The topological polar surface area (TPSA) is 64.6 Å². The number of alkyl carbamates (subject to hydrolysis) is 1. The molecule has 0 radical (unpaired) electrons. The highest BCUT2D eigenvalue weighted by Gasteiger charge is 2.27. The molecule has 0 aliphatic carbocycles. The van der Waals surface area contributed by atoms with Crippen LogP contribution in [0.1, 0.15) is 111 Å². The maximum Gasteiger partial charge on any atom is 0.407 e. The fraction of sp³-hybridized carbons (Fsp3) is 0.913. The van der Waals surface area contributed by atoms with Crippen molar-refractivity contribution in [2.75, 3.05) is 13.2 Å². The summed E-state index contributed by atoms with van der Waals surface area (Å²) in [5, 5.41) is 2.63. The van der Waals surface area contributed by atoms with Crippen molar-refractivity contribution in [1.82, 2.24) is 5.32 Å². The third-order valence-electron chi connectivity index (χ3n) is 5.26. The SMILES string of the molecule is CCCCCCCCCCCCCCOC(=O)[C@@H](NC(=O)OCC)C(C)CC. The molecule has 0 spiro atoms. The zero-order chi connectivity index (χ0) is 21.0. The Balaban J connectivity index is 3.73. The van der Waals surface area contributed by atoms with Crippen LogP contribution in [-0.2, 0) is 14.3 Å². The summed E-state index contributed by atoms with van der Waals surface area (Å²) < 4.78 is 10.3. The molecule has 2 atom stereocenters. The monoisotopic (exact) mass is 399 g/mol. The van der Waals surface area contributed by atoms with Gasteiger partial charge in [-0.05, 0) is 19.3 Å². The molecule has 0 saturated carbocycles. The van der Waals surface area contributed by atoms with Gasteiger partial charge in [-0.2, -0.15) is 0 Å². The van der Waals surface area contributed by atoms with Crippen LogP contribution in [0.15, 0.2) is 0 Å². The van der Waals surface area contributed by atoms with E-state index in [2.05, 4.69) is 12.2 Å². The first-order valence-electron chi connectivity index (χ1n) is 11.7. The Bertz CT molecular complexity index is 387. The average molecular weight is 400 g/mol. The van der Waals surface area contributed by atoms with Crippen molar-refractivity contribution >= 4 is 12.1 Å². The Labute approximate surface area is 173 Å². The standard InChI is InChI=1S/C23H45NO4/c1-5-8-9-10-11-12-13-14-15-16-17-18-19-28-22(25)21(20(4)6-2)24-23(26)27-7-3/h20-21H,5-19H2,1-4H3,(H,24,26)/t20?,21-/m0/s1. The summed E-state index contributed by atoms with van der Waals surface area (Å²) in [5.41, 5.74) is 0. The second-order valence-electron chi connectivity index (χ2n) is 7.78. The highest BCUT2D eigenvalue weighted by Crippen LogP contribution is 2.13. The average Bonchev–Trinajstić information content (AvgIpc) is 2.69. The minimum absolute atomic E-state index is 0.0129. The van der Waals surface area contributed by atoms with E-state index in [0.717, 1.165) is 19.3 Å². The smallest absolute Gasteiger partial charge is 0.407 e. The van der Waals surface area contributed by atoms with E-state index in [1.54, 1.807) is 6.92 Å². The van der Waals surface area contributed by atoms with Crippen LogP contribution in [0.3, 0.4) is 0 Å². The summed E-state index contributed by atoms with van der Waals surface area (Å²) in [4.78, 5) is 23.9. The Morgan fingerprint density at radius 2 is 1.25 bits per heavy atom. The first-order chi connectivity index (χ1) is 13.6. The van der Waals surface area contributed by atoms with Gasteiger partial charge in [0.05, 0.1) is 13.2 Å². The van der Waals surface area contributed by atoms with Crippen molar-refractivity contribution in [3.63, 3.8) is 0 Å². The molecule has 5 heteroatoms. The van der Waals surface area contributed by atoms with Gasteiger partial charge in [0.25, 0.3) is 0 Å². The third-order valence-corrected chi connectivity index (χ3v) is 5.26. The summed E-state index contributed by atoms with van der Waals surface area (Å²) in [6.45, 7) is 8.63. The van der Waals surface area contributed by atoms with E-state index in [1.807, 2.05) is 13.8 Å². The molecule has 28 heavy (non-hydrogen) atoms. The number of amides is 1. The summed E-state index contributed by atoms with van der Waals surface area (Å²) in [5.74, 6) is -0.343. The molecule has 1 amide bonds. The summed E-state index contributed by atoms with van der Waals surface area (Å²) in [7, 11) is 0. The van der Waals surface area contributed by atoms with Gasteiger partial charge in [0.2, 0.25) is 0 Å². The van der Waals surface area contributed by atoms with Crippen molar-refractivity contribution in [2.45, 2.75) is 117 Å². The van der Waals surface area contributed by atoms with Gasteiger partial charge >= 0.3 is 12.1 Å². The predicted molar refractivity (Wildman–Crippen MR) is 115 cm³/mol. The highest BCUT2D eigenvalue weighted by molar-refractivity contribution is 5.81. The zero-order valence-electron chi connectivity index (χ0n) is 18.9. The van der Waals surface area contributed by atoms with E-state index >= 15 is 0 Å². The molecule has 0 aromatic rings. The highest BCUT2D eigenvalue weighted by atomic mass is 16.6. The van der Waals surface area contributed by atoms with Crippen molar-refractivity contribution in [3.05, 3.63) is 0 Å². The number of rotatable bonds is 18. The third kappa shape index (κ3) is 14.8. The molecule has 0 saturated heterocycles. The number of ether oxygens (including phenoxy) is 2. The number of carbonyl (C=O) groups is 2. The fourth-order valence-corrected chi connectivity index (χ4v) is 3.17. The van der Waals surface area contributed by atoms with Crippen LogP contribution in [-0.4, -0.2) is 31.3 Å². The van der Waals surface area contributed by atoms with Crippen LogP contribution in [0, 0.1) is 5.92 Å². The number of carbonyl (C=O) groups excluding carboxylic acids is 2. The molecule has 0 aliphatic rings. The lowest BCUT2D eigenvalue weighted by Crippen LogP contribution is -2.46. The van der Waals surface area contributed by atoms with Gasteiger partial charge in [0, 0.05) is 0 Å². The lowest BCUT2D eigenvalue weighted by Gasteiger charge is -2.22. The maximum absolute atomic E-state index is 12.3. The Morgan fingerprint density at radius 1 is 0.750 bits per heavy atom. The molecule has 0 rings (SSSR count). The van der Waals surface area contributed by atoms with E-state index in [1.165, 1.54) is 64.2 Å². The van der Waals surface area contributed by atoms with Crippen molar-refractivity contribution in [3.8, 4) is 0 Å². The molecule has 5 nitrogen and oxygen atoms in total. The number of hydrogen-bond donors (Lipinski definition) is 1. The van der Waals surface area contributed by atoms with Crippen molar-refractivity contribution in [2.24, 2.45) is 5.92 Å². The van der Waals surface area contributed by atoms with Gasteiger partial charge in [0.15, 0.2) is 0 Å². The lowest BCUT2D eigenvalue weighted by atomic mass is 9.99. The maximum atomic E-state index is 12.3. The van der Waals surface area contributed by atoms with E-state index in [-0.39, 0.29) is 18.5 Å². The lowest BCUT2D eigenvalue weighted by molar-refractivity contribution is -0.147. The quantitative estimate of drug-likeness (QED) is 0.214. The van der Waals surface area contributed by atoms with Crippen LogP contribution in [0.4, 0.5) is 4.79 Å². The largest absolute Gasteiger partial charge is 0.464 e. The predicted octanol–water partition coefficient (Wildman–Crippen LogP) is 6.39. The molecular formula is C23H45NO4. The molecule has 0 aliphatic heterocycles. The van der Waals surface area contributed by atoms with Crippen LogP contribution < -0.4 is 5.32 Å². The second-order valence-corrected chi connectivity index (χ2v) is 7.78. The van der Waals surface area contributed by atoms with Crippen molar-refractivity contribution < 1.29 is 19.1 Å². The van der Waals surface area contributed by atoms with E-state index < -0.39 is 12.1 Å². The molecule has 166 valence electrons. The molecule has 0 bridgehead atoms. The van der Waals surface area contributed by atoms with Crippen LogP contribution >= 0.6 is 0 Å². The number of nitrogens with one attached hydrogen (secondary N) is 1. The van der Waals surface area contributed by atoms with Crippen LogP contribution in [0.25, 0.3) is 0 Å². The number of esters is 1. The molecule has 1 unspecified atom stereocenters. The molecule has 0 aromatic carbocycles. The van der Waals surface area contributed by atoms with Gasteiger partial charge in [-0.15, -0.1) is 0 Å². The van der Waals surface area contributed by atoms with Gasteiger partial charge in [-0.1, -0.05) is 97.8 Å². The molecule has 0 aromatic heterocycles. The minimum atomic E-state index is -0.638. The summed E-state index contributed by atoms with van der Waals surface area (Å²) in [6.07, 6.45) is 15.5. The first-order valence-corrected chi connectivity index (χ1v) is 11.7. The normalized spacial score (nSPS) is 13.0. The zero-order valence-corrected chi connectivity index (χ0v) is 18.9. The molecule has 0 heterocycles. The van der Waals surface area contributed by atoms with Gasteiger partial charge in [0.1, 0.15) is 6.04 Å². The number of unbranched alkanes of at least 4 members (excludes halogenated alkanes) is 11. The first kappa shape index (κ1) is 26.7. The van der Waals surface area contributed by atoms with Crippen LogP contribution in [0.5, 0.6) is 0 Å². The molecule has 1 N–H and O–H groups in total. The molecule has 0 fully saturated rings. The summed E-state index contributed by atoms with van der Waals surface area (Å²) in [6, 6.07) is -0.638. The van der Waals surface area contributed by atoms with Crippen LogP contribution in [0.2, 0.25) is 0 Å². The fourth-order valence-electron chi connectivity index (χ4n) is 3.17. The molecular weight excluding hydrogens is 354 g/mol. The van der Waals surface area contributed by atoms with E-state index in [9.17, 15) is 9.59 Å². The van der Waals surface area contributed by atoms with Gasteiger partial charge < -0.3 is 14.8 Å². The Hall–Kier alpha value is -1.26.